The largest absolute Gasteiger partial charge is 0.423 e. The number of carbonyl (C=O) groups excluding carboxylic acids is 2. The van der Waals surface area contributed by atoms with Crippen molar-refractivity contribution in [2.45, 2.75) is 80.1 Å². The van der Waals surface area contributed by atoms with Gasteiger partial charge in [-0.1, -0.05) is 53.7 Å². The van der Waals surface area contributed by atoms with E-state index in [0.29, 0.717) is 42.1 Å². The summed E-state index contributed by atoms with van der Waals surface area (Å²) in [6.07, 6.45) is 4.01. The minimum atomic E-state index is -0.288. The highest BCUT2D eigenvalue weighted by molar-refractivity contribution is 5.76. The van der Waals surface area contributed by atoms with Crippen LogP contribution in [0.4, 0.5) is 0 Å². The van der Waals surface area contributed by atoms with Gasteiger partial charge in [0.1, 0.15) is 0 Å². The van der Waals surface area contributed by atoms with Gasteiger partial charge in [0.05, 0.1) is 0 Å². The summed E-state index contributed by atoms with van der Waals surface area (Å²) in [5.74, 6) is 1.59. The first-order valence-electron chi connectivity index (χ1n) is 10.2. The number of carbonyl (C=O) groups is 2. The van der Waals surface area contributed by atoms with Crippen molar-refractivity contribution >= 4 is 11.9 Å². The number of benzene rings is 1. The Morgan fingerprint density at radius 3 is 1.81 bits per heavy atom. The zero-order valence-electron chi connectivity index (χ0n) is 17.8. The number of aryl methyl sites for hydroxylation is 1. The number of esters is 2. The second kappa shape index (κ2) is 11.8. The van der Waals surface area contributed by atoms with Gasteiger partial charge in [-0.3, -0.25) is 9.59 Å². The molecule has 0 aliphatic heterocycles. The highest BCUT2D eigenvalue weighted by Crippen LogP contribution is 2.34. The van der Waals surface area contributed by atoms with Crippen LogP contribution in [0.2, 0.25) is 0 Å². The Kier molecular flexibility index (Phi) is 10.1. The van der Waals surface area contributed by atoms with Crippen molar-refractivity contribution in [3.8, 4) is 11.5 Å². The summed E-state index contributed by atoms with van der Waals surface area (Å²) in [6.45, 7) is 12.6. The van der Waals surface area contributed by atoms with E-state index in [0.717, 1.165) is 31.2 Å². The molecule has 27 heavy (non-hydrogen) atoms. The average molecular weight is 377 g/mol. The van der Waals surface area contributed by atoms with Crippen LogP contribution in [0.15, 0.2) is 18.2 Å². The predicted octanol–water partition coefficient (Wildman–Crippen LogP) is 5.96. The fraction of sp³-hybridized carbons (Fsp3) is 0.652. The van der Waals surface area contributed by atoms with Gasteiger partial charge >= 0.3 is 11.9 Å². The second-order valence-corrected chi connectivity index (χ2v) is 8.49. The van der Waals surface area contributed by atoms with Gasteiger partial charge in [0.2, 0.25) is 0 Å². The zero-order valence-corrected chi connectivity index (χ0v) is 17.8. The lowest BCUT2D eigenvalue weighted by molar-refractivity contribution is -0.137. The molecule has 0 bridgehead atoms. The molecule has 1 aromatic rings. The molecule has 152 valence electrons. The predicted molar refractivity (Wildman–Crippen MR) is 109 cm³/mol. The molecule has 0 aliphatic carbocycles. The van der Waals surface area contributed by atoms with E-state index >= 15 is 0 Å². The molecule has 0 spiro atoms. The van der Waals surface area contributed by atoms with Gasteiger partial charge in [0.25, 0.3) is 0 Å². The molecule has 0 amide bonds. The van der Waals surface area contributed by atoms with E-state index in [1.165, 1.54) is 0 Å². The van der Waals surface area contributed by atoms with Gasteiger partial charge < -0.3 is 9.47 Å². The van der Waals surface area contributed by atoms with Crippen LogP contribution in [0.5, 0.6) is 11.5 Å². The summed E-state index contributed by atoms with van der Waals surface area (Å²) in [5.41, 5.74) is 0.913. The number of ether oxygens (including phenoxy) is 2. The molecule has 1 rings (SSSR count). The van der Waals surface area contributed by atoms with Crippen LogP contribution >= 0.6 is 0 Å². The van der Waals surface area contributed by atoms with E-state index in [2.05, 4.69) is 41.5 Å². The van der Waals surface area contributed by atoms with Crippen molar-refractivity contribution in [3.63, 3.8) is 0 Å². The van der Waals surface area contributed by atoms with Crippen molar-refractivity contribution in [1.82, 2.24) is 0 Å². The SMILES string of the molecule is CC(C)CCC(=O)Oc1cccc(CCC(C)C)c1OC(=O)CCC(C)C. The van der Waals surface area contributed by atoms with E-state index in [1.807, 2.05) is 12.1 Å². The molecule has 0 N–H and O–H groups in total. The minimum absolute atomic E-state index is 0.278. The molecule has 0 fully saturated rings. The lowest BCUT2D eigenvalue weighted by Crippen LogP contribution is -2.14. The quantitative estimate of drug-likeness (QED) is 0.353. The molecule has 0 atom stereocenters. The zero-order chi connectivity index (χ0) is 20.4. The standard InChI is InChI=1S/C23H36O4/c1-16(2)10-13-19-8-7-9-20(26-21(24)14-11-17(3)4)23(19)27-22(25)15-12-18(5)6/h7-9,16-18H,10-15H2,1-6H3. The van der Waals surface area contributed by atoms with Gasteiger partial charge in [-0.15, -0.1) is 0 Å². The van der Waals surface area contributed by atoms with Gasteiger partial charge in [-0.2, -0.15) is 0 Å². The van der Waals surface area contributed by atoms with Crippen molar-refractivity contribution in [2.75, 3.05) is 0 Å². The van der Waals surface area contributed by atoms with Crippen LogP contribution in [0.1, 0.15) is 79.2 Å². The van der Waals surface area contributed by atoms with Gasteiger partial charge in [0, 0.05) is 12.8 Å². The van der Waals surface area contributed by atoms with Crippen LogP contribution in [0, 0.1) is 17.8 Å². The van der Waals surface area contributed by atoms with Crippen molar-refractivity contribution in [1.29, 1.82) is 0 Å². The van der Waals surface area contributed by atoms with E-state index in [9.17, 15) is 9.59 Å². The van der Waals surface area contributed by atoms with Crippen LogP contribution < -0.4 is 9.47 Å². The molecule has 0 saturated heterocycles. The van der Waals surface area contributed by atoms with Crippen LogP contribution in [0.25, 0.3) is 0 Å². The van der Waals surface area contributed by atoms with Crippen molar-refractivity contribution < 1.29 is 19.1 Å². The lowest BCUT2D eigenvalue weighted by Gasteiger charge is -2.16. The normalized spacial score (nSPS) is 11.3. The van der Waals surface area contributed by atoms with Gasteiger partial charge in [-0.25, -0.2) is 0 Å². The highest BCUT2D eigenvalue weighted by Gasteiger charge is 2.18. The van der Waals surface area contributed by atoms with E-state index in [-0.39, 0.29) is 11.9 Å². The molecule has 0 saturated carbocycles. The first-order valence-corrected chi connectivity index (χ1v) is 10.2. The summed E-state index contributed by atoms with van der Waals surface area (Å²) in [7, 11) is 0. The Balaban J connectivity index is 2.96. The monoisotopic (exact) mass is 376 g/mol. The molecular formula is C23H36O4. The van der Waals surface area contributed by atoms with Gasteiger partial charge in [0.15, 0.2) is 11.5 Å². The highest BCUT2D eigenvalue weighted by atomic mass is 16.6. The number of rotatable bonds is 11. The van der Waals surface area contributed by atoms with E-state index in [1.54, 1.807) is 6.07 Å². The van der Waals surface area contributed by atoms with E-state index < -0.39 is 0 Å². The molecule has 4 heteroatoms. The maximum Gasteiger partial charge on any atom is 0.311 e. The second-order valence-electron chi connectivity index (χ2n) is 8.49. The minimum Gasteiger partial charge on any atom is -0.423 e. The summed E-state index contributed by atoms with van der Waals surface area (Å²) >= 11 is 0. The molecular weight excluding hydrogens is 340 g/mol. The first-order chi connectivity index (χ1) is 12.7. The third kappa shape index (κ3) is 9.60. The molecule has 0 heterocycles. The maximum absolute atomic E-state index is 12.3. The van der Waals surface area contributed by atoms with Crippen molar-refractivity contribution in [3.05, 3.63) is 23.8 Å². The Bertz CT molecular complexity index is 602. The fourth-order valence-corrected chi connectivity index (χ4v) is 2.55. The van der Waals surface area contributed by atoms with Crippen LogP contribution in [-0.2, 0) is 16.0 Å². The molecule has 4 nitrogen and oxygen atoms in total. The lowest BCUT2D eigenvalue weighted by atomic mass is 10.0. The third-order valence-corrected chi connectivity index (χ3v) is 4.34. The Morgan fingerprint density at radius 2 is 1.30 bits per heavy atom. The average Bonchev–Trinajstić information content (AvgIpc) is 2.58. The Morgan fingerprint density at radius 1 is 0.778 bits per heavy atom. The molecule has 1 aromatic carbocycles. The van der Waals surface area contributed by atoms with Crippen molar-refractivity contribution in [2.24, 2.45) is 17.8 Å². The first kappa shape index (κ1) is 23.2. The van der Waals surface area contributed by atoms with E-state index in [4.69, 9.17) is 9.47 Å². The summed E-state index contributed by atoms with van der Waals surface area (Å²) in [4.78, 5) is 24.5. The number of para-hydroxylation sites is 1. The fourth-order valence-electron chi connectivity index (χ4n) is 2.55. The maximum atomic E-state index is 12.3. The molecule has 0 aromatic heterocycles. The topological polar surface area (TPSA) is 52.6 Å². The summed E-state index contributed by atoms with van der Waals surface area (Å²) in [6, 6.07) is 5.50. The number of hydrogen-bond donors (Lipinski definition) is 0. The van der Waals surface area contributed by atoms with Crippen LogP contribution in [-0.4, -0.2) is 11.9 Å². The van der Waals surface area contributed by atoms with Gasteiger partial charge in [-0.05, 0) is 55.1 Å². The summed E-state index contributed by atoms with van der Waals surface area (Å²) < 4.78 is 11.2. The number of hydrogen-bond acceptors (Lipinski definition) is 4. The third-order valence-electron chi connectivity index (χ3n) is 4.34. The molecule has 0 unspecified atom stereocenters. The smallest absolute Gasteiger partial charge is 0.311 e. The molecule has 0 radical (unpaired) electrons. The summed E-state index contributed by atoms with van der Waals surface area (Å²) in [5, 5.41) is 0. The Hall–Kier alpha value is -1.84. The Labute approximate surface area is 164 Å². The molecule has 0 aliphatic rings. The van der Waals surface area contributed by atoms with Crippen LogP contribution in [0.3, 0.4) is 0 Å².